The molecule has 21 heavy (non-hydrogen) atoms. The zero-order chi connectivity index (χ0) is 15.1. The number of nitrogens with zero attached hydrogens (tertiary/aromatic N) is 1. The number of piperidine rings is 1. The van der Waals surface area contributed by atoms with Gasteiger partial charge in [-0.05, 0) is 24.7 Å². The third-order valence-electron chi connectivity index (χ3n) is 3.80. The Bertz CT molecular complexity index is 440. The molecule has 0 aromatic heterocycles. The van der Waals surface area contributed by atoms with Crippen molar-refractivity contribution in [2.45, 2.75) is 25.6 Å². The molecule has 2 rings (SSSR count). The Morgan fingerprint density at radius 1 is 1.48 bits per heavy atom. The van der Waals surface area contributed by atoms with Gasteiger partial charge in [-0.3, -0.25) is 0 Å². The van der Waals surface area contributed by atoms with Gasteiger partial charge in [-0.25, -0.2) is 4.79 Å². The first-order valence-corrected chi connectivity index (χ1v) is 8.72. The number of hydrogen-bond acceptors (Lipinski definition) is 4. The monoisotopic (exact) mass is 309 g/mol. The smallest absolute Gasteiger partial charge is 0.410 e. The number of benzene rings is 1. The molecule has 1 N–H and O–H groups in total. The highest BCUT2D eigenvalue weighted by Gasteiger charge is 2.28. The van der Waals surface area contributed by atoms with Gasteiger partial charge in [-0.15, -0.1) is 0 Å². The SMILES string of the molecule is CSCC(O)C1CCCN(C(=O)OCc2ccccc2)C1. The summed E-state index contributed by atoms with van der Waals surface area (Å²) in [6.45, 7) is 1.61. The summed E-state index contributed by atoms with van der Waals surface area (Å²) >= 11 is 1.64. The van der Waals surface area contributed by atoms with E-state index in [0.29, 0.717) is 13.2 Å². The van der Waals surface area contributed by atoms with Gasteiger partial charge < -0.3 is 14.7 Å². The molecule has 1 saturated heterocycles. The Balaban J connectivity index is 1.81. The molecule has 1 fully saturated rings. The number of rotatable bonds is 5. The van der Waals surface area contributed by atoms with Crippen molar-refractivity contribution in [2.75, 3.05) is 25.1 Å². The molecule has 0 aliphatic carbocycles. The summed E-state index contributed by atoms with van der Waals surface area (Å²) in [5, 5.41) is 10.1. The van der Waals surface area contributed by atoms with Crippen LogP contribution in [0.1, 0.15) is 18.4 Å². The van der Waals surface area contributed by atoms with Gasteiger partial charge in [0.25, 0.3) is 0 Å². The van der Waals surface area contributed by atoms with Crippen LogP contribution >= 0.6 is 11.8 Å². The third kappa shape index (κ3) is 4.93. The van der Waals surface area contributed by atoms with Gasteiger partial charge in [0, 0.05) is 24.8 Å². The number of carbonyl (C=O) groups is 1. The molecule has 1 aliphatic rings. The standard InChI is InChI=1S/C16H23NO3S/c1-21-12-15(18)14-8-5-9-17(10-14)16(19)20-11-13-6-3-2-4-7-13/h2-4,6-7,14-15,18H,5,8-12H2,1H3. The van der Waals surface area contributed by atoms with E-state index in [2.05, 4.69) is 0 Å². The predicted molar refractivity (Wildman–Crippen MR) is 85.3 cm³/mol. The van der Waals surface area contributed by atoms with Crippen molar-refractivity contribution in [2.24, 2.45) is 5.92 Å². The molecule has 1 amide bonds. The molecule has 116 valence electrons. The Morgan fingerprint density at radius 2 is 2.24 bits per heavy atom. The summed E-state index contributed by atoms with van der Waals surface area (Å²) in [6.07, 6.45) is 3.27. The first-order valence-electron chi connectivity index (χ1n) is 7.33. The average molecular weight is 309 g/mol. The quantitative estimate of drug-likeness (QED) is 0.908. The number of ether oxygens (including phenoxy) is 1. The maximum absolute atomic E-state index is 12.1. The first kappa shape index (κ1) is 16.2. The van der Waals surface area contributed by atoms with Crippen LogP contribution in [0.5, 0.6) is 0 Å². The molecule has 4 nitrogen and oxygen atoms in total. The molecule has 2 unspecified atom stereocenters. The lowest BCUT2D eigenvalue weighted by molar-refractivity contribution is 0.0466. The van der Waals surface area contributed by atoms with Crippen LogP contribution in [0.4, 0.5) is 4.79 Å². The number of thioether (sulfide) groups is 1. The van der Waals surface area contributed by atoms with E-state index in [9.17, 15) is 9.90 Å². The highest BCUT2D eigenvalue weighted by Crippen LogP contribution is 2.22. The lowest BCUT2D eigenvalue weighted by Crippen LogP contribution is -2.44. The van der Waals surface area contributed by atoms with Crippen LogP contribution < -0.4 is 0 Å². The minimum atomic E-state index is -0.343. The fourth-order valence-electron chi connectivity index (χ4n) is 2.61. The number of likely N-dealkylation sites (tertiary alicyclic amines) is 1. The van der Waals surface area contributed by atoms with E-state index >= 15 is 0 Å². The van der Waals surface area contributed by atoms with Crippen LogP contribution in [0.15, 0.2) is 30.3 Å². The first-order chi connectivity index (χ1) is 10.2. The Morgan fingerprint density at radius 3 is 2.95 bits per heavy atom. The highest BCUT2D eigenvalue weighted by atomic mass is 32.2. The molecular formula is C16H23NO3S. The second-order valence-electron chi connectivity index (χ2n) is 5.41. The van der Waals surface area contributed by atoms with Gasteiger partial charge in [-0.2, -0.15) is 11.8 Å². The van der Waals surface area contributed by atoms with Gasteiger partial charge >= 0.3 is 6.09 Å². The fourth-order valence-corrected chi connectivity index (χ4v) is 3.22. The maximum atomic E-state index is 12.1. The molecule has 0 saturated carbocycles. The number of aliphatic hydroxyl groups is 1. The lowest BCUT2D eigenvalue weighted by atomic mass is 9.93. The molecule has 1 heterocycles. The van der Waals surface area contributed by atoms with E-state index in [1.165, 1.54) is 0 Å². The number of amides is 1. The number of hydrogen-bond donors (Lipinski definition) is 1. The summed E-state index contributed by atoms with van der Waals surface area (Å²) in [7, 11) is 0. The van der Waals surface area contributed by atoms with E-state index in [1.807, 2.05) is 36.6 Å². The molecule has 5 heteroatoms. The van der Waals surface area contributed by atoms with Crippen molar-refractivity contribution in [3.8, 4) is 0 Å². The van der Waals surface area contributed by atoms with Crippen molar-refractivity contribution >= 4 is 17.9 Å². The van der Waals surface area contributed by atoms with E-state index in [0.717, 1.165) is 30.7 Å². The van der Waals surface area contributed by atoms with Crippen LogP contribution in [-0.2, 0) is 11.3 Å². The average Bonchev–Trinajstić information content (AvgIpc) is 2.54. The molecule has 1 aliphatic heterocycles. The lowest BCUT2D eigenvalue weighted by Gasteiger charge is -2.34. The minimum absolute atomic E-state index is 0.162. The van der Waals surface area contributed by atoms with Crippen molar-refractivity contribution in [3.63, 3.8) is 0 Å². The van der Waals surface area contributed by atoms with Gasteiger partial charge in [0.2, 0.25) is 0 Å². The van der Waals surface area contributed by atoms with E-state index in [4.69, 9.17) is 4.74 Å². The molecular weight excluding hydrogens is 286 g/mol. The molecule has 0 radical (unpaired) electrons. The van der Waals surface area contributed by atoms with Crippen molar-refractivity contribution in [1.82, 2.24) is 4.90 Å². The highest BCUT2D eigenvalue weighted by molar-refractivity contribution is 7.98. The summed E-state index contributed by atoms with van der Waals surface area (Å²) < 4.78 is 5.36. The third-order valence-corrected chi connectivity index (χ3v) is 4.48. The van der Waals surface area contributed by atoms with Gasteiger partial charge in [0.15, 0.2) is 0 Å². The van der Waals surface area contributed by atoms with Crippen molar-refractivity contribution < 1.29 is 14.6 Å². The normalized spacial score (nSPS) is 20.1. The second kappa shape index (κ2) is 8.29. The summed E-state index contributed by atoms with van der Waals surface area (Å²) in [5.41, 5.74) is 0.988. The van der Waals surface area contributed by atoms with Crippen molar-refractivity contribution in [3.05, 3.63) is 35.9 Å². The zero-order valence-corrected chi connectivity index (χ0v) is 13.2. The van der Waals surface area contributed by atoms with Crippen LogP contribution in [0.2, 0.25) is 0 Å². The Kier molecular flexibility index (Phi) is 6.39. The van der Waals surface area contributed by atoms with Crippen LogP contribution in [0.25, 0.3) is 0 Å². The van der Waals surface area contributed by atoms with Crippen LogP contribution in [0.3, 0.4) is 0 Å². The summed E-state index contributed by atoms with van der Waals surface area (Å²) in [5.74, 6) is 0.882. The fraction of sp³-hybridized carbons (Fsp3) is 0.562. The van der Waals surface area contributed by atoms with E-state index < -0.39 is 0 Å². The topological polar surface area (TPSA) is 49.8 Å². The largest absolute Gasteiger partial charge is 0.445 e. The van der Waals surface area contributed by atoms with E-state index in [-0.39, 0.29) is 18.1 Å². The minimum Gasteiger partial charge on any atom is -0.445 e. The second-order valence-corrected chi connectivity index (χ2v) is 6.32. The summed E-state index contributed by atoms with van der Waals surface area (Å²) in [4.78, 5) is 13.8. The molecule has 0 bridgehead atoms. The van der Waals surface area contributed by atoms with Gasteiger partial charge in [-0.1, -0.05) is 30.3 Å². The molecule has 1 aromatic carbocycles. The van der Waals surface area contributed by atoms with E-state index in [1.54, 1.807) is 16.7 Å². The maximum Gasteiger partial charge on any atom is 0.410 e. The Labute approximate surface area is 130 Å². The predicted octanol–water partition coefficient (Wildman–Crippen LogP) is 2.76. The van der Waals surface area contributed by atoms with Crippen LogP contribution in [0, 0.1) is 5.92 Å². The van der Waals surface area contributed by atoms with Gasteiger partial charge in [0.1, 0.15) is 6.61 Å². The molecule has 2 atom stereocenters. The number of aliphatic hydroxyl groups excluding tert-OH is 1. The number of carbonyl (C=O) groups excluding carboxylic acids is 1. The summed E-state index contributed by atoms with van der Waals surface area (Å²) in [6, 6.07) is 9.68. The zero-order valence-electron chi connectivity index (χ0n) is 12.4. The van der Waals surface area contributed by atoms with Gasteiger partial charge in [0.05, 0.1) is 6.10 Å². The molecule has 1 aromatic rings. The van der Waals surface area contributed by atoms with Crippen LogP contribution in [-0.4, -0.2) is 47.3 Å². The Hall–Kier alpha value is -1.20. The van der Waals surface area contributed by atoms with Crippen molar-refractivity contribution in [1.29, 1.82) is 0 Å². The molecule has 0 spiro atoms.